The third-order valence-corrected chi connectivity index (χ3v) is 7.58. The number of aromatic nitrogens is 5. The maximum absolute atomic E-state index is 12.9. The van der Waals surface area contributed by atoms with Crippen LogP contribution in [0.5, 0.6) is 0 Å². The standard InChI is InChI=1S/C26H30N10O2S/c1-16-13-22(32-31-16)29-23-21-14-19(28-26(38)35-11-9-34(2)10-12-35)15-36(21)33-25(30-23)39-20-7-5-18(6-8-20)27-24(37)17-3-4-17/h5-8,13-15,17H,3-4,9-12H2,1-2H3,(H,27,37)(H,28,38)(H2,29,30,31,32,33). The second-order valence-corrected chi connectivity index (χ2v) is 11.0. The summed E-state index contributed by atoms with van der Waals surface area (Å²) in [4.78, 5) is 34.6. The number of carbonyl (C=O) groups is 2. The van der Waals surface area contributed by atoms with Gasteiger partial charge in [-0.05, 0) is 68.9 Å². The Labute approximate surface area is 229 Å². The van der Waals surface area contributed by atoms with Gasteiger partial charge in [0.15, 0.2) is 11.6 Å². The second-order valence-electron chi connectivity index (χ2n) is 9.97. The first-order valence-electron chi connectivity index (χ1n) is 12.9. The quantitative estimate of drug-likeness (QED) is 0.275. The van der Waals surface area contributed by atoms with Crippen LogP contribution in [0.2, 0.25) is 0 Å². The van der Waals surface area contributed by atoms with Gasteiger partial charge in [-0.3, -0.25) is 9.89 Å². The number of likely N-dealkylation sites (N-methyl/N-ethyl adjacent to an activating group) is 1. The smallest absolute Gasteiger partial charge is 0.321 e. The molecule has 39 heavy (non-hydrogen) atoms. The number of fused-ring (bicyclic) bond motifs is 1. The summed E-state index contributed by atoms with van der Waals surface area (Å²) in [7, 11) is 2.06. The maximum Gasteiger partial charge on any atom is 0.321 e. The minimum Gasteiger partial charge on any atom is -0.326 e. The Kier molecular flexibility index (Phi) is 6.83. The van der Waals surface area contributed by atoms with Crippen LogP contribution >= 0.6 is 11.8 Å². The molecular weight excluding hydrogens is 516 g/mol. The highest BCUT2D eigenvalue weighted by Crippen LogP contribution is 2.32. The van der Waals surface area contributed by atoms with Crippen molar-refractivity contribution in [2.24, 2.45) is 5.92 Å². The van der Waals surface area contributed by atoms with E-state index in [1.807, 2.05) is 48.2 Å². The van der Waals surface area contributed by atoms with Crippen LogP contribution in [0, 0.1) is 12.8 Å². The van der Waals surface area contributed by atoms with E-state index >= 15 is 0 Å². The topological polar surface area (TPSA) is 136 Å². The molecule has 4 aromatic rings. The normalized spacial score (nSPS) is 15.9. The van der Waals surface area contributed by atoms with E-state index in [-0.39, 0.29) is 17.9 Å². The van der Waals surface area contributed by atoms with Crippen LogP contribution in [0.3, 0.4) is 0 Å². The molecule has 1 saturated heterocycles. The van der Waals surface area contributed by atoms with Gasteiger partial charge in [-0.15, -0.1) is 5.10 Å². The lowest BCUT2D eigenvalue weighted by atomic mass is 10.3. The molecule has 202 valence electrons. The summed E-state index contributed by atoms with van der Waals surface area (Å²) < 4.78 is 1.71. The summed E-state index contributed by atoms with van der Waals surface area (Å²) >= 11 is 1.40. The van der Waals surface area contributed by atoms with Gasteiger partial charge in [0.1, 0.15) is 5.52 Å². The number of aromatic amines is 1. The van der Waals surface area contributed by atoms with E-state index < -0.39 is 0 Å². The molecule has 0 unspecified atom stereocenters. The van der Waals surface area contributed by atoms with Crippen molar-refractivity contribution in [2.45, 2.75) is 29.8 Å². The summed E-state index contributed by atoms with van der Waals surface area (Å²) in [6, 6.07) is 11.2. The van der Waals surface area contributed by atoms with Crippen molar-refractivity contribution in [3.63, 3.8) is 0 Å². The molecule has 12 nitrogen and oxygen atoms in total. The molecule has 0 radical (unpaired) electrons. The summed E-state index contributed by atoms with van der Waals surface area (Å²) in [5, 5.41) is 21.6. The molecule has 4 heterocycles. The number of amides is 3. The number of hydrogen-bond acceptors (Lipinski definition) is 8. The molecule has 1 aliphatic heterocycles. The average molecular weight is 547 g/mol. The molecular formula is C26H30N10O2S. The van der Waals surface area contributed by atoms with Gasteiger partial charge < -0.3 is 25.8 Å². The van der Waals surface area contributed by atoms with Crippen LogP contribution in [0.1, 0.15) is 18.5 Å². The molecule has 0 atom stereocenters. The van der Waals surface area contributed by atoms with Gasteiger partial charge in [0, 0.05) is 54.4 Å². The number of benzene rings is 1. The van der Waals surface area contributed by atoms with Gasteiger partial charge in [-0.2, -0.15) is 5.10 Å². The van der Waals surface area contributed by atoms with E-state index in [2.05, 4.69) is 43.2 Å². The first-order chi connectivity index (χ1) is 18.9. The van der Waals surface area contributed by atoms with Gasteiger partial charge >= 0.3 is 6.03 Å². The molecule has 2 aliphatic rings. The summed E-state index contributed by atoms with van der Waals surface area (Å²) in [6.45, 7) is 4.99. The fraction of sp³-hybridized carbons (Fsp3) is 0.346. The van der Waals surface area contributed by atoms with E-state index in [0.29, 0.717) is 41.1 Å². The number of hydrogen-bond donors (Lipinski definition) is 4. The zero-order chi connectivity index (χ0) is 26.9. The molecule has 0 bridgehead atoms. The van der Waals surface area contributed by atoms with Crippen LogP contribution < -0.4 is 16.0 Å². The van der Waals surface area contributed by atoms with Gasteiger partial charge in [0.25, 0.3) is 0 Å². The Morgan fingerprint density at radius 1 is 1.03 bits per heavy atom. The Hall–Kier alpha value is -4.10. The Morgan fingerprint density at radius 3 is 2.49 bits per heavy atom. The van der Waals surface area contributed by atoms with Crippen molar-refractivity contribution in [1.82, 2.24) is 34.6 Å². The first-order valence-corrected chi connectivity index (χ1v) is 13.7. The van der Waals surface area contributed by atoms with Crippen molar-refractivity contribution >= 4 is 52.2 Å². The zero-order valence-corrected chi connectivity index (χ0v) is 22.6. The lowest BCUT2D eigenvalue weighted by molar-refractivity contribution is -0.117. The number of anilines is 4. The van der Waals surface area contributed by atoms with Gasteiger partial charge in [-0.1, -0.05) is 0 Å². The van der Waals surface area contributed by atoms with E-state index in [4.69, 9.17) is 4.98 Å². The predicted octanol–water partition coefficient (Wildman–Crippen LogP) is 3.78. The fourth-order valence-electron chi connectivity index (χ4n) is 4.30. The molecule has 0 spiro atoms. The number of rotatable bonds is 7. The number of nitrogens with one attached hydrogen (secondary N) is 4. The molecule has 3 aromatic heterocycles. The van der Waals surface area contributed by atoms with Gasteiger partial charge in [-0.25, -0.2) is 14.3 Å². The second kappa shape index (κ2) is 10.6. The molecule has 3 amide bonds. The van der Waals surface area contributed by atoms with Gasteiger partial charge in [0.05, 0.1) is 11.9 Å². The highest BCUT2D eigenvalue weighted by Gasteiger charge is 2.29. The third-order valence-electron chi connectivity index (χ3n) is 6.72. The Morgan fingerprint density at radius 2 is 1.79 bits per heavy atom. The molecule has 13 heteroatoms. The van der Waals surface area contributed by atoms with Crippen LogP contribution in [0.25, 0.3) is 5.52 Å². The molecule has 6 rings (SSSR count). The van der Waals surface area contributed by atoms with Gasteiger partial charge in [0.2, 0.25) is 11.1 Å². The van der Waals surface area contributed by atoms with Crippen LogP contribution in [0.4, 0.5) is 27.8 Å². The number of urea groups is 1. The largest absolute Gasteiger partial charge is 0.326 e. The summed E-state index contributed by atoms with van der Waals surface area (Å²) in [5.41, 5.74) is 3.02. The maximum atomic E-state index is 12.9. The minimum atomic E-state index is -0.132. The van der Waals surface area contributed by atoms with Crippen LogP contribution in [-0.4, -0.2) is 79.8 Å². The van der Waals surface area contributed by atoms with Crippen molar-refractivity contribution in [3.8, 4) is 0 Å². The minimum absolute atomic E-state index is 0.0802. The molecule has 2 fully saturated rings. The number of aryl methyl sites for hydroxylation is 1. The number of nitrogens with zero attached hydrogens (tertiary/aromatic N) is 6. The first kappa shape index (κ1) is 25.2. The highest BCUT2D eigenvalue weighted by molar-refractivity contribution is 7.99. The van der Waals surface area contributed by atoms with E-state index in [1.165, 1.54) is 11.8 Å². The lowest BCUT2D eigenvalue weighted by Crippen LogP contribution is -2.48. The molecule has 4 N–H and O–H groups in total. The Bertz CT molecular complexity index is 1500. The fourth-order valence-corrected chi connectivity index (χ4v) is 5.05. The molecule has 1 aromatic carbocycles. The van der Waals surface area contributed by atoms with Crippen molar-refractivity contribution in [3.05, 3.63) is 48.3 Å². The number of H-pyrrole nitrogens is 1. The van der Waals surface area contributed by atoms with Crippen molar-refractivity contribution < 1.29 is 9.59 Å². The van der Waals surface area contributed by atoms with E-state index in [9.17, 15) is 9.59 Å². The highest BCUT2D eigenvalue weighted by atomic mass is 32.2. The SMILES string of the molecule is Cc1cc(Nc2nc(Sc3ccc(NC(=O)C4CC4)cc3)nn3cc(NC(=O)N4CCN(C)CC4)cc23)n[nH]1. The summed E-state index contributed by atoms with van der Waals surface area (Å²) in [6.07, 6.45) is 3.72. The van der Waals surface area contributed by atoms with Crippen LogP contribution in [0.15, 0.2) is 52.6 Å². The van der Waals surface area contributed by atoms with E-state index in [0.717, 1.165) is 42.2 Å². The van der Waals surface area contributed by atoms with Crippen molar-refractivity contribution in [2.75, 3.05) is 49.2 Å². The zero-order valence-electron chi connectivity index (χ0n) is 21.8. The monoisotopic (exact) mass is 546 g/mol. The number of piperazine rings is 1. The predicted molar refractivity (Wildman–Crippen MR) is 150 cm³/mol. The molecule has 1 saturated carbocycles. The average Bonchev–Trinajstić information content (AvgIpc) is 3.58. The molecule has 1 aliphatic carbocycles. The third kappa shape index (κ3) is 5.99. The summed E-state index contributed by atoms with van der Waals surface area (Å²) in [5.74, 6) is 1.43. The van der Waals surface area contributed by atoms with E-state index in [1.54, 1.807) is 10.7 Å². The Balaban J connectivity index is 1.23. The van der Waals surface area contributed by atoms with Crippen molar-refractivity contribution in [1.29, 1.82) is 0 Å². The lowest BCUT2D eigenvalue weighted by Gasteiger charge is -2.32. The number of carbonyl (C=O) groups excluding carboxylic acids is 2. The van der Waals surface area contributed by atoms with Crippen LogP contribution in [-0.2, 0) is 4.79 Å².